The van der Waals surface area contributed by atoms with E-state index in [-0.39, 0.29) is 16.4 Å². The van der Waals surface area contributed by atoms with Gasteiger partial charge in [-0.05, 0) is 107 Å². The molecule has 0 amide bonds. The number of likely N-dealkylation sites (N-methyl/N-ethyl adjacent to an activating group) is 1. The van der Waals surface area contributed by atoms with Crippen LogP contribution in [0.1, 0.15) is 60.1 Å². The molecule has 2 unspecified atom stereocenters. The molecule has 7 heteroatoms. The van der Waals surface area contributed by atoms with Crippen molar-refractivity contribution in [2.75, 3.05) is 33.4 Å². The molecule has 232 valence electrons. The number of rotatable bonds is 14. The van der Waals surface area contributed by atoms with E-state index in [1.165, 1.54) is 22.3 Å². The number of fused-ring (bicyclic) bond motifs is 1. The fourth-order valence-electron chi connectivity index (χ4n) is 5.51. The monoisotopic (exact) mass is 651 g/mol. The lowest BCUT2D eigenvalue weighted by atomic mass is 9.85. The minimum atomic E-state index is -0.343. The summed E-state index contributed by atoms with van der Waals surface area (Å²) in [4.78, 5) is 13.8. The van der Waals surface area contributed by atoms with Crippen LogP contribution in [0.15, 0.2) is 54.6 Å². The van der Waals surface area contributed by atoms with Gasteiger partial charge in [0.2, 0.25) is 0 Å². The highest BCUT2D eigenvalue weighted by Gasteiger charge is 2.34. The maximum Gasteiger partial charge on any atom is 0.320 e. The van der Waals surface area contributed by atoms with E-state index >= 15 is 0 Å². The third-order valence-electron chi connectivity index (χ3n) is 8.43. The molecule has 0 N–H and O–H groups in total. The number of nitrogens with zero attached hydrogens (tertiary/aromatic N) is 1. The molecule has 0 saturated carbocycles. The zero-order valence-corrected chi connectivity index (χ0v) is 28.1. The normalized spacial score (nSPS) is 16.7. The highest BCUT2D eigenvalue weighted by Crippen LogP contribution is 2.44. The Bertz CT molecular complexity index is 1360. The van der Waals surface area contributed by atoms with Gasteiger partial charge in [-0.3, -0.25) is 4.79 Å². The average Bonchev–Trinajstić information content (AvgIpc) is 3.00. The molecule has 0 saturated heterocycles. The number of hydrogen-bond donors (Lipinski definition) is 0. The summed E-state index contributed by atoms with van der Waals surface area (Å²) in [5, 5.41) is 0. The van der Waals surface area contributed by atoms with Gasteiger partial charge in [0.1, 0.15) is 40.9 Å². The van der Waals surface area contributed by atoms with Gasteiger partial charge in [-0.2, -0.15) is 0 Å². The smallest absolute Gasteiger partial charge is 0.320 e. The third kappa shape index (κ3) is 8.76. The van der Waals surface area contributed by atoms with Gasteiger partial charge in [0, 0.05) is 18.7 Å². The number of hydrogen-bond acceptors (Lipinski definition) is 6. The molecule has 6 nitrogen and oxygen atoms in total. The van der Waals surface area contributed by atoms with Gasteiger partial charge in [-0.15, -0.1) is 0 Å². The van der Waals surface area contributed by atoms with E-state index in [0.29, 0.717) is 26.2 Å². The second kappa shape index (κ2) is 15.1. The Balaban J connectivity index is 1.25. The van der Waals surface area contributed by atoms with Crippen molar-refractivity contribution in [2.24, 2.45) is 0 Å². The van der Waals surface area contributed by atoms with E-state index in [4.69, 9.17) is 18.9 Å². The largest absolute Gasteiger partial charge is 0.492 e. The molecule has 0 aromatic heterocycles. The highest BCUT2D eigenvalue weighted by atomic mass is 79.9. The average molecular weight is 653 g/mol. The molecule has 0 radical (unpaired) electrons. The molecule has 1 aliphatic heterocycles. The Morgan fingerprint density at radius 2 is 1.70 bits per heavy atom. The first kappa shape index (κ1) is 32.9. The van der Waals surface area contributed by atoms with Crippen molar-refractivity contribution in [2.45, 2.75) is 77.3 Å². The molecular weight excluding hydrogens is 606 g/mol. The Morgan fingerprint density at radius 3 is 2.40 bits per heavy atom. The molecule has 1 aliphatic rings. The molecule has 0 bridgehead atoms. The second-order valence-corrected chi connectivity index (χ2v) is 12.9. The Hall–Kier alpha value is -3.03. The van der Waals surface area contributed by atoms with Crippen LogP contribution in [0.2, 0.25) is 0 Å². The quantitative estimate of drug-likeness (QED) is 0.133. The predicted molar refractivity (Wildman–Crippen MR) is 176 cm³/mol. The first-order chi connectivity index (χ1) is 20.6. The maximum atomic E-state index is 11.9. The van der Waals surface area contributed by atoms with Crippen LogP contribution in [0.4, 0.5) is 0 Å². The van der Waals surface area contributed by atoms with E-state index in [1.54, 1.807) is 0 Å². The van der Waals surface area contributed by atoms with Crippen molar-refractivity contribution in [3.8, 4) is 17.2 Å². The predicted octanol–water partition coefficient (Wildman–Crippen LogP) is 7.54. The minimum Gasteiger partial charge on any atom is -0.492 e. The highest BCUT2D eigenvalue weighted by molar-refractivity contribution is 9.10. The van der Waals surface area contributed by atoms with Crippen molar-refractivity contribution < 1.29 is 23.7 Å². The van der Waals surface area contributed by atoms with Crippen LogP contribution < -0.4 is 14.2 Å². The first-order valence-electron chi connectivity index (χ1n) is 15.3. The molecule has 4 rings (SSSR count). The maximum absolute atomic E-state index is 11.9. The van der Waals surface area contributed by atoms with Gasteiger partial charge in [0.05, 0.1) is 6.61 Å². The molecule has 1 heterocycles. The van der Waals surface area contributed by atoms with Crippen LogP contribution in [0.5, 0.6) is 17.2 Å². The molecule has 3 aromatic rings. The molecule has 3 aromatic carbocycles. The number of ether oxygens (including phenoxy) is 4. The van der Waals surface area contributed by atoms with Crippen LogP contribution in [0, 0.1) is 20.8 Å². The molecular formula is C36H46BrNO5. The fourth-order valence-corrected chi connectivity index (χ4v) is 6.01. The first-order valence-corrected chi connectivity index (χ1v) is 16.2. The van der Waals surface area contributed by atoms with Gasteiger partial charge < -0.3 is 23.8 Å². The molecule has 0 spiro atoms. The molecule has 0 fully saturated rings. The zero-order chi connectivity index (χ0) is 31.0. The Kier molecular flexibility index (Phi) is 11.6. The lowest BCUT2D eigenvalue weighted by molar-refractivity contribution is -0.142. The van der Waals surface area contributed by atoms with E-state index in [9.17, 15) is 4.79 Å². The van der Waals surface area contributed by atoms with E-state index in [0.717, 1.165) is 60.7 Å². The second-order valence-electron chi connectivity index (χ2n) is 11.8. The lowest BCUT2D eigenvalue weighted by Crippen LogP contribution is -2.40. The number of carbonyl (C=O) groups is 1. The van der Waals surface area contributed by atoms with Crippen LogP contribution in [0.3, 0.4) is 0 Å². The molecule has 2 atom stereocenters. The summed E-state index contributed by atoms with van der Waals surface area (Å²) in [6, 6.07) is 18.2. The summed E-state index contributed by atoms with van der Waals surface area (Å²) in [6.07, 6.45) is 3.48. The SMILES string of the molecule is CCOC(=O)C(Br)Cc1ccc(OCCN(C)CCC2(C)CCc3c(C)c(OCc4ccccc4)c(C)c(C)c3O2)cc1. The standard InChI is InChI=1S/C36H46BrNO5/c1-7-40-35(39)32(37)23-28-13-15-30(16-14-28)41-22-21-38(6)20-19-36(5)18-17-31-27(4)33(25(2)26(3)34(31)43-36)42-24-29-11-9-8-10-12-29/h8-16,32H,7,17-24H2,1-6H3. The van der Waals surface area contributed by atoms with E-state index < -0.39 is 0 Å². The van der Waals surface area contributed by atoms with Crippen molar-refractivity contribution in [3.63, 3.8) is 0 Å². The van der Waals surface area contributed by atoms with Crippen LogP contribution >= 0.6 is 15.9 Å². The van der Waals surface area contributed by atoms with Gasteiger partial charge in [-0.1, -0.05) is 58.4 Å². The Labute approximate surface area is 265 Å². The summed E-state index contributed by atoms with van der Waals surface area (Å²) in [6.45, 7) is 13.8. The van der Waals surface area contributed by atoms with Crippen molar-refractivity contribution in [1.82, 2.24) is 4.90 Å². The summed E-state index contributed by atoms with van der Waals surface area (Å²) >= 11 is 3.41. The molecule has 0 aliphatic carbocycles. The van der Waals surface area contributed by atoms with Gasteiger partial charge >= 0.3 is 5.97 Å². The van der Waals surface area contributed by atoms with Crippen molar-refractivity contribution in [3.05, 3.63) is 88.0 Å². The van der Waals surface area contributed by atoms with Gasteiger partial charge in [-0.25, -0.2) is 0 Å². The number of halogens is 1. The van der Waals surface area contributed by atoms with Crippen LogP contribution in [-0.4, -0.2) is 54.6 Å². The number of carbonyl (C=O) groups excluding carboxylic acids is 1. The summed E-state index contributed by atoms with van der Waals surface area (Å²) in [5.74, 6) is 2.62. The van der Waals surface area contributed by atoms with Crippen LogP contribution in [0.25, 0.3) is 0 Å². The van der Waals surface area contributed by atoms with Crippen LogP contribution in [-0.2, 0) is 29.0 Å². The van der Waals surface area contributed by atoms with E-state index in [2.05, 4.69) is 67.7 Å². The minimum absolute atomic E-state index is 0.217. The molecule has 43 heavy (non-hydrogen) atoms. The fraction of sp³-hybridized carbons (Fsp3) is 0.472. The third-order valence-corrected chi connectivity index (χ3v) is 9.13. The zero-order valence-electron chi connectivity index (χ0n) is 26.5. The topological polar surface area (TPSA) is 57.2 Å². The number of alkyl halides is 1. The van der Waals surface area contributed by atoms with Crippen molar-refractivity contribution in [1.29, 1.82) is 0 Å². The number of benzene rings is 3. The lowest BCUT2D eigenvalue weighted by Gasteiger charge is -2.39. The van der Waals surface area contributed by atoms with Gasteiger partial charge in [0.15, 0.2) is 0 Å². The summed E-state index contributed by atoms with van der Waals surface area (Å²) < 4.78 is 24.2. The van der Waals surface area contributed by atoms with E-state index in [1.807, 2.05) is 49.4 Å². The number of esters is 1. The summed E-state index contributed by atoms with van der Waals surface area (Å²) in [5.41, 5.74) is 6.82. The Morgan fingerprint density at radius 1 is 0.977 bits per heavy atom. The van der Waals surface area contributed by atoms with Gasteiger partial charge in [0.25, 0.3) is 0 Å². The summed E-state index contributed by atoms with van der Waals surface area (Å²) in [7, 11) is 2.13. The van der Waals surface area contributed by atoms with Crippen molar-refractivity contribution >= 4 is 21.9 Å².